The van der Waals surface area contributed by atoms with E-state index in [1.54, 1.807) is 13.3 Å². The second-order valence-corrected chi connectivity index (χ2v) is 5.04. The van der Waals surface area contributed by atoms with E-state index in [1.807, 2.05) is 44.2 Å². The monoisotopic (exact) mass is 430 g/mol. The molecule has 6 nitrogen and oxygen atoms in total. The first-order valence-electron chi connectivity index (χ1n) is 7.24. The number of aromatic nitrogens is 1. The number of rotatable bonds is 6. The Morgan fingerprint density at radius 1 is 1.35 bits per heavy atom. The second kappa shape index (κ2) is 10.1. The van der Waals surface area contributed by atoms with Crippen LogP contribution in [0.1, 0.15) is 18.2 Å². The number of nitrogens with zero attached hydrogens (tertiary/aromatic N) is 2. The maximum atomic E-state index is 5.87. The van der Waals surface area contributed by atoms with Crippen molar-refractivity contribution in [3.05, 3.63) is 47.9 Å². The molecule has 2 aromatic rings. The maximum Gasteiger partial charge on any atom is 0.191 e. The molecule has 126 valence electrons. The summed E-state index contributed by atoms with van der Waals surface area (Å²) in [4.78, 5) is 4.16. The highest BCUT2D eigenvalue weighted by Gasteiger charge is 2.06. The largest absolute Gasteiger partial charge is 0.489 e. The molecule has 0 aliphatic rings. The Morgan fingerprint density at radius 3 is 2.83 bits per heavy atom. The quantitative estimate of drug-likeness (QED) is 0.419. The van der Waals surface area contributed by atoms with Gasteiger partial charge in [-0.05, 0) is 31.5 Å². The van der Waals surface area contributed by atoms with E-state index in [-0.39, 0.29) is 30.1 Å². The molecular weight excluding hydrogens is 407 g/mol. The maximum absolute atomic E-state index is 5.87. The molecule has 0 fully saturated rings. The molecule has 1 atom stereocenters. The predicted molar refractivity (Wildman–Crippen MR) is 101 cm³/mol. The normalized spacial score (nSPS) is 12.2. The van der Waals surface area contributed by atoms with Gasteiger partial charge in [0, 0.05) is 13.1 Å². The lowest BCUT2D eigenvalue weighted by Gasteiger charge is -2.17. The van der Waals surface area contributed by atoms with Gasteiger partial charge in [-0.3, -0.25) is 4.99 Å². The van der Waals surface area contributed by atoms with Crippen LogP contribution in [0.15, 0.2) is 46.1 Å². The highest BCUT2D eigenvalue weighted by molar-refractivity contribution is 14.0. The lowest BCUT2D eigenvalue weighted by atomic mass is 10.2. The van der Waals surface area contributed by atoms with Gasteiger partial charge in [0.1, 0.15) is 23.8 Å². The third-order valence-corrected chi connectivity index (χ3v) is 3.04. The molecule has 23 heavy (non-hydrogen) atoms. The molecule has 0 aliphatic heterocycles. The van der Waals surface area contributed by atoms with Crippen LogP contribution in [0.3, 0.4) is 0 Å². The van der Waals surface area contributed by atoms with Gasteiger partial charge in [0.15, 0.2) is 5.96 Å². The van der Waals surface area contributed by atoms with Crippen LogP contribution in [-0.4, -0.2) is 30.8 Å². The van der Waals surface area contributed by atoms with Crippen molar-refractivity contribution >= 4 is 29.9 Å². The van der Waals surface area contributed by atoms with E-state index >= 15 is 0 Å². The SMILES string of the molecule is CN=C(NCc1ccon1)NCC(C)Oc1cccc(C)c1.I. The fourth-order valence-corrected chi connectivity index (χ4v) is 1.93. The van der Waals surface area contributed by atoms with Gasteiger partial charge in [-0.15, -0.1) is 24.0 Å². The van der Waals surface area contributed by atoms with Crippen LogP contribution >= 0.6 is 24.0 Å². The number of guanidine groups is 1. The standard InChI is InChI=1S/C16H22N4O2.HI/c1-12-5-4-6-15(9-12)22-13(2)10-18-16(17-3)19-11-14-7-8-21-20-14;/h4-9,13H,10-11H2,1-3H3,(H2,17,18,19);1H. The van der Waals surface area contributed by atoms with E-state index in [0.29, 0.717) is 19.0 Å². The Labute approximate surface area is 153 Å². The first-order chi connectivity index (χ1) is 10.7. The second-order valence-electron chi connectivity index (χ2n) is 5.04. The number of hydrogen-bond donors (Lipinski definition) is 2. The molecule has 0 saturated heterocycles. The van der Waals surface area contributed by atoms with Gasteiger partial charge in [0.25, 0.3) is 0 Å². The number of hydrogen-bond acceptors (Lipinski definition) is 4. The van der Waals surface area contributed by atoms with Crippen molar-refractivity contribution in [3.8, 4) is 5.75 Å². The number of benzene rings is 1. The summed E-state index contributed by atoms with van der Waals surface area (Å²) >= 11 is 0. The van der Waals surface area contributed by atoms with Crippen LogP contribution < -0.4 is 15.4 Å². The zero-order valence-electron chi connectivity index (χ0n) is 13.6. The number of aliphatic imine (C=N–C) groups is 1. The van der Waals surface area contributed by atoms with E-state index in [0.717, 1.165) is 11.4 Å². The number of halogens is 1. The van der Waals surface area contributed by atoms with Crippen LogP contribution in [0.25, 0.3) is 0 Å². The average Bonchev–Trinajstić information content (AvgIpc) is 3.01. The molecule has 0 aliphatic carbocycles. The van der Waals surface area contributed by atoms with Crippen LogP contribution in [0, 0.1) is 6.92 Å². The van der Waals surface area contributed by atoms with Crippen molar-refractivity contribution in [1.82, 2.24) is 15.8 Å². The summed E-state index contributed by atoms with van der Waals surface area (Å²) in [5.41, 5.74) is 2.01. The lowest BCUT2D eigenvalue weighted by molar-refractivity contribution is 0.223. The van der Waals surface area contributed by atoms with Crippen LogP contribution in [0.5, 0.6) is 5.75 Å². The van der Waals surface area contributed by atoms with E-state index in [2.05, 4.69) is 20.8 Å². The molecule has 2 N–H and O–H groups in total. The summed E-state index contributed by atoms with van der Waals surface area (Å²) in [6.07, 6.45) is 1.57. The molecule has 0 bridgehead atoms. The van der Waals surface area contributed by atoms with E-state index < -0.39 is 0 Å². The van der Waals surface area contributed by atoms with Crippen molar-refractivity contribution in [1.29, 1.82) is 0 Å². The Bertz CT molecular complexity index is 602. The Balaban J connectivity index is 0.00000264. The van der Waals surface area contributed by atoms with Crippen LogP contribution in [0.4, 0.5) is 0 Å². The minimum Gasteiger partial charge on any atom is -0.489 e. The van der Waals surface area contributed by atoms with Crippen molar-refractivity contribution in [2.75, 3.05) is 13.6 Å². The topological polar surface area (TPSA) is 71.7 Å². The fourth-order valence-electron chi connectivity index (χ4n) is 1.93. The molecule has 1 unspecified atom stereocenters. The minimum absolute atomic E-state index is 0. The molecule has 2 rings (SSSR count). The first kappa shape index (κ1) is 19.3. The average molecular weight is 430 g/mol. The smallest absolute Gasteiger partial charge is 0.191 e. The highest BCUT2D eigenvalue weighted by Crippen LogP contribution is 2.13. The van der Waals surface area contributed by atoms with E-state index in [9.17, 15) is 0 Å². The zero-order chi connectivity index (χ0) is 15.8. The zero-order valence-corrected chi connectivity index (χ0v) is 15.9. The van der Waals surface area contributed by atoms with Gasteiger partial charge < -0.3 is 19.9 Å². The number of nitrogens with one attached hydrogen (secondary N) is 2. The van der Waals surface area contributed by atoms with Gasteiger partial charge in [-0.25, -0.2) is 0 Å². The predicted octanol–water partition coefficient (Wildman–Crippen LogP) is 2.73. The van der Waals surface area contributed by atoms with Gasteiger partial charge in [0.05, 0.1) is 13.1 Å². The minimum atomic E-state index is 0. The van der Waals surface area contributed by atoms with Gasteiger partial charge >= 0.3 is 0 Å². The molecular formula is C16H23IN4O2. The molecule has 0 saturated carbocycles. The van der Waals surface area contributed by atoms with Crippen molar-refractivity contribution < 1.29 is 9.26 Å². The summed E-state index contributed by atoms with van der Waals surface area (Å²) < 4.78 is 10.7. The molecule has 1 aromatic carbocycles. The first-order valence-corrected chi connectivity index (χ1v) is 7.24. The summed E-state index contributed by atoms with van der Waals surface area (Å²) in [5, 5.41) is 10.2. The third kappa shape index (κ3) is 6.89. The lowest BCUT2D eigenvalue weighted by Crippen LogP contribution is -2.41. The van der Waals surface area contributed by atoms with Gasteiger partial charge in [0.2, 0.25) is 0 Å². The Hall–Kier alpha value is -1.77. The molecule has 0 radical (unpaired) electrons. The molecule has 7 heteroatoms. The van der Waals surface area contributed by atoms with E-state index in [1.165, 1.54) is 5.56 Å². The van der Waals surface area contributed by atoms with Crippen LogP contribution in [-0.2, 0) is 6.54 Å². The molecule has 1 heterocycles. The summed E-state index contributed by atoms with van der Waals surface area (Å²) in [6, 6.07) is 9.83. The fraction of sp³-hybridized carbons (Fsp3) is 0.375. The van der Waals surface area contributed by atoms with Gasteiger partial charge in [-0.1, -0.05) is 17.3 Å². The number of ether oxygens (including phenoxy) is 1. The van der Waals surface area contributed by atoms with Gasteiger partial charge in [-0.2, -0.15) is 0 Å². The Kier molecular flexibility index (Phi) is 8.46. The van der Waals surface area contributed by atoms with E-state index in [4.69, 9.17) is 9.26 Å². The number of aryl methyl sites for hydroxylation is 1. The van der Waals surface area contributed by atoms with Crippen molar-refractivity contribution in [3.63, 3.8) is 0 Å². The van der Waals surface area contributed by atoms with Crippen molar-refractivity contribution in [2.45, 2.75) is 26.5 Å². The molecule has 0 spiro atoms. The summed E-state index contributed by atoms with van der Waals surface area (Å²) in [5.74, 6) is 1.57. The summed E-state index contributed by atoms with van der Waals surface area (Å²) in [7, 11) is 1.73. The van der Waals surface area contributed by atoms with Crippen LogP contribution in [0.2, 0.25) is 0 Å². The molecule has 0 amide bonds. The Morgan fingerprint density at radius 2 is 2.17 bits per heavy atom. The highest BCUT2D eigenvalue weighted by atomic mass is 127. The summed E-state index contributed by atoms with van der Waals surface area (Å²) in [6.45, 7) is 5.27. The van der Waals surface area contributed by atoms with Crippen molar-refractivity contribution in [2.24, 2.45) is 4.99 Å². The third-order valence-electron chi connectivity index (χ3n) is 3.04. The molecule has 1 aromatic heterocycles.